The summed E-state index contributed by atoms with van der Waals surface area (Å²) in [4.78, 5) is 9.84. The van der Waals surface area contributed by atoms with Gasteiger partial charge in [0.15, 0.2) is 6.29 Å². The van der Waals surface area contributed by atoms with Gasteiger partial charge in [-0.15, -0.1) is 0 Å². The quantitative estimate of drug-likeness (QED) is 0.303. The fourth-order valence-corrected chi connectivity index (χ4v) is 0.276. The molecule has 0 spiro atoms. The first-order chi connectivity index (χ1) is 4.35. The largest absolute Gasteiger partial charge is 0.297 e. The standard InChI is InChI=1S/C6H4N2O/c7-3-1-2-6(4-8)5-9/h2,5H,1H2. The molecule has 0 rings (SSSR count). The molecule has 0 aromatic heterocycles. The molecule has 0 aromatic carbocycles. The summed E-state index contributed by atoms with van der Waals surface area (Å²) >= 11 is 0. The Balaban J connectivity index is 3.99. The van der Waals surface area contributed by atoms with Crippen LogP contribution >= 0.6 is 0 Å². The number of carbonyl (C=O) groups is 1. The highest BCUT2D eigenvalue weighted by Crippen LogP contribution is 1.87. The van der Waals surface area contributed by atoms with Crippen molar-refractivity contribution in [2.75, 3.05) is 0 Å². The van der Waals surface area contributed by atoms with Crippen molar-refractivity contribution in [3.05, 3.63) is 11.6 Å². The summed E-state index contributed by atoms with van der Waals surface area (Å²) in [6.45, 7) is 0. The van der Waals surface area contributed by atoms with Crippen LogP contribution in [0.4, 0.5) is 0 Å². The van der Waals surface area contributed by atoms with Crippen LogP contribution in [0, 0.1) is 22.7 Å². The van der Waals surface area contributed by atoms with Crippen molar-refractivity contribution in [1.29, 1.82) is 10.5 Å². The van der Waals surface area contributed by atoms with Gasteiger partial charge in [-0.05, 0) is 6.08 Å². The Morgan fingerprint density at radius 3 is 2.56 bits per heavy atom. The molecule has 0 aliphatic heterocycles. The average Bonchev–Trinajstić information content (AvgIpc) is 1.91. The van der Waals surface area contributed by atoms with E-state index in [0.717, 1.165) is 0 Å². The molecule has 0 heterocycles. The lowest BCUT2D eigenvalue weighted by Crippen LogP contribution is -1.76. The van der Waals surface area contributed by atoms with Crippen LogP contribution in [0.2, 0.25) is 0 Å². The molecular weight excluding hydrogens is 116 g/mol. The van der Waals surface area contributed by atoms with Gasteiger partial charge in [0.25, 0.3) is 0 Å². The second-order valence-corrected chi connectivity index (χ2v) is 1.25. The fraction of sp³-hybridized carbons (Fsp3) is 0.167. The van der Waals surface area contributed by atoms with Gasteiger partial charge in [0.2, 0.25) is 0 Å². The first-order valence-electron chi connectivity index (χ1n) is 2.27. The summed E-state index contributed by atoms with van der Waals surface area (Å²) in [6.07, 6.45) is 1.83. The molecule has 44 valence electrons. The highest BCUT2D eigenvalue weighted by atomic mass is 16.1. The van der Waals surface area contributed by atoms with Crippen molar-refractivity contribution in [2.24, 2.45) is 0 Å². The smallest absolute Gasteiger partial charge is 0.160 e. The molecule has 0 saturated heterocycles. The van der Waals surface area contributed by atoms with Gasteiger partial charge >= 0.3 is 0 Å². The number of rotatable bonds is 2. The predicted octanol–water partition coefficient (Wildman–Crippen LogP) is 0.549. The van der Waals surface area contributed by atoms with Crippen molar-refractivity contribution in [2.45, 2.75) is 6.42 Å². The minimum atomic E-state index is 0.0107. The maximum Gasteiger partial charge on any atom is 0.160 e. The van der Waals surface area contributed by atoms with Gasteiger partial charge < -0.3 is 0 Å². The van der Waals surface area contributed by atoms with E-state index >= 15 is 0 Å². The fourth-order valence-electron chi connectivity index (χ4n) is 0.276. The number of allylic oxidation sites excluding steroid dienone is 2. The Bertz CT molecular complexity index is 204. The number of aldehydes is 1. The van der Waals surface area contributed by atoms with E-state index < -0.39 is 0 Å². The number of nitriles is 2. The first kappa shape index (κ1) is 7.39. The van der Waals surface area contributed by atoms with Crippen LogP contribution in [0.15, 0.2) is 11.6 Å². The maximum atomic E-state index is 9.84. The molecule has 0 aliphatic rings. The number of nitrogens with zero attached hydrogens (tertiary/aromatic N) is 2. The van der Waals surface area contributed by atoms with Crippen LogP contribution in [0.25, 0.3) is 0 Å². The van der Waals surface area contributed by atoms with Crippen molar-refractivity contribution in [3.8, 4) is 12.1 Å². The van der Waals surface area contributed by atoms with Gasteiger partial charge in [-0.3, -0.25) is 4.79 Å². The molecule has 0 unspecified atom stereocenters. The summed E-state index contributed by atoms with van der Waals surface area (Å²) in [5.74, 6) is 0. The maximum absolute atomic E-state index is 9.84. The van der Waals surface area contributed by atoms with Crippen molar-refractivity contribution in [1.82, 2.24) is 0 Å². The zero-order valence-electron chi connectivity index (χ0n) is 4.66. The summed E-state index contributed by atoms with van der Waals surface area (Å²) in [6, 6.07) is 3.41. The van der Waals surface area contributed by atoms with E-state index in [0.29, 0.717) is 6.29 Å². The van der Waals surface area contributed by atoms with E-state index in [1.54, 1.807) is 12.1 Å². The Morgan fingerprint density at radius 1 is 1.56 bits per heavy atom. The summed E-state index contributed by atoms with van der Waals surface area (Å²) < 4.78 is 0. The molecule has 0 fully saturated rings. The molecule has 0 amide bonds. The second-order valence-electron chi connectivity index (χ2n) is 1.25. The van der Waals surface area contributed by atoms with E-state index in [1.165, 1.54) is 6.08 Å². The minimum Gasteiger partial charge on any atom is -0.297 e. The lowest BCUT2D eigenvalue weighted by atomic mass is 10.3. The predicted molar refractivity (Wildman–Crippen MR) is 30.0 cm³/mol. The van der Waals surface area contributed by atoms with Crippen molar-refractivity contribution < 1.29 is 4.79 Å². The average molecular weight is 120 g/mol. The number of hydrogen-bond acceptors (Lipinski definition) is 3. The van der Waals surface area contributed by atoms with E-state index in [2.05, 4.69) is 0 Å². The van der Waals surface area contributed by atoms with Crippen molar-refractivity contribution in [3.63, 3.8) is 0 Å². The van der Waals surface area contributed by atoms with E-state index in [4.69, 9.17) is 10.5 Å². The third-order valence-corrected chi connectivity index (χ3v) is 0.669. The monoisotopic (exact) mass is 120 g/mol. The Labute approximate surface area is 52.8 Å². The van der Waals surface area contributed by atoms with Gasteiger partial charge in [-0.25, -0.2) is 0 Å². The molecule has 0 N–H and O–H groups in total. The SMILES string of the molecule is N#CCC=C(C#N)C=O. The zero-order valence-corrected chi connectivity index (χ0v) is 4.66. The van der Waals surface area contributed by atoms with Crippen LogP contribution < -0.4 is 0 Å². The Morgan fingerprint density at radius 2 is 2.22 bits per heavy atom. The lowest BCUT2D eigenvalue weighted by Gasteiger charge is -1.75. The molecule has 0 aromatic rings. The number of hydrogen-bond donors (Lipinski definition) is 0. The first-order valence-corrected chi connectivity index (χ1v) is 2.27. The molecule has 3 heteroatoms. The molecular formula is C6H4N2O. The van der Waals surface area contributed by atoms with E-state index in [1.807, 2.05) is 0 Å². The second kappa shape index (κ2) is 4.55. The van der Waals surface area contributed by atoms with Crippen LogP contribution in [-0.4, -0.2) is 6.29 Å². The van der Waals surface area contributed by atoms with Crippen LogP contribution in [0.3, 0.4) is 0 Å². The van der Waals surface area contributed by atoms with Gasteiger partial charge in [-0.2, -0.15) is 10.5 Å². The van der Waals surface area contributed by atoms with Gasteiger partial charge in [0.1, 0.15) is 6.07 Å². The molecule has 3 nitrogen and oxygen atoms in total. The normalized spacial score (nSPS) is 9.33. The highest BCUT2D eigenvalue weighted by molar-refractivity contribution is 5.78. The van der Waals surface area contributed by atoms with Crippen LogP contribution in [0.1, 0.15) is 6.42 Å². The van der Waals surface area contributed by atoms with Gasteiger partial charge in [-0.1, -0.05) is 0 Å². The third kappa shape index (κ3) is 3.02. The molecule has 9 heavy (non-hydrogen) atoms. The molecule has 0 bridgehead atoms. The highest BCUT2D eigenvalue weighted by Gasteiger charge is 1.87. The van der Waals surface area contributed by atoms with Crippen LogP contribution in [-0.2, 0) is 4.79 Å². The molecule has 0 aliphatic carbocycles. The van der Waals surface area contributed by atoms with E-state index in [9.17, 15) is 4.79 Å². The van der Waals surface area contributed by atoms with Gasteiger partial charge in [0.05, 0.1) is 18.1 Å². The summed E-state index contributed by atoms with van der Waals surface area (Å²) in [5.41, 5.74) is 0.0107. The van der Waals surface area contributed by atoms with Crippen molar-refractivity contribution >= 4 is 6.29 Å². The van der Waals surface area contributed by atoms with Crippen LogP contribution in [0.5, 0.6) is 0 Å². The molecule has 0 saturated carbocycles. The zero-order chi connectivity index (χ0) is 7.11. The summed E-state index contributed by atoms with van der Waals surface area (Å²) in [5, 5.41) is 16.1. The number of carbonyl (C=O) groups excluding carboxylic acids is 1. The minimum absolute atomic E-state index is 0.0107. The van der Waals surface area contributed by atoms with E-state index in [-0.39, 0.29) is 12.0 Å². The third-order valence-electron chi connectivity index (χ3n) is 0.669. The topological polar surface area (TPSA) is 64.7 Å². The lowest BCUT2D eigenvalue weighted by molar-refractivity contribution is -0.104. The Hall–Kier alpha value is -1.61. The summed E-state index contributed by atoms with van der Waals surface area (Å²) in [7, 11) is 0. The Kier molecular flexibility index (Phi) is 3.73. The molecule has 0 atom stereocenters. The van der Waals surface area contributed by atoms with Gasteiger partial charge in [0, 0.05) is 0 Å². The molecule has 0 radical (unpaired) electrons.